The Morgan fingerprint density at radius 3 is 2.46 bits per heavy atom. The zero-order chi connectivity index (χ0) is 25.3. The van der Waals surface area contributed by atoms with E-state index in [1.165, 1.54) is 11.8 Å². The molecule has 3 aliphatic rings. The van der Waals surface area contributed by atoms with Crippen LogP contribution >= 0.6 is 24.0 Å². The number of carbonyl (C=O) groups is 1. The van der Waals surface area contributed by atoms with E-state index in [1.54, 1.807) is 9.47 Å². The van der Waals surface area contributed by atoms with Crippen LogP contribution in [0.15, 0.2) is 9.70 Å². The second-order valence-corrected chi connectivity index (χ2v) is 11.5. The minimum Gasteiger partial charge on any atom is -0.372 e. The van der Waals surface area contributed by atoms with E-state index >= 15 is 0 Å². The fraction of sp³-hybridized carbons (Fsp3) is 0.615. The molecule has 0 spiro atoms. The number of hydrogen-bond donors (Lipinski definition) is 0. The van der Waals surface area contributed by atoms with Crippen LogP contribution in [0.3, 0.4) is 0 Å². The fourth-order valence-corrected chi connectivity index (χ4v) is 6.83. The monoisotopic (exact) mass is 514 g/mol. The van der Waals surface area contributed by atoms with Crippen molar-refractivity contribution in [3.8, 4) is 6.07 Å². The summed E-state index contributed by atoms with van der Waals surface area (Å²) >= 11 is 6.94. The first-order valence-corrected chi connectivity index (χ1v) is 13.8. The van der Waals surface area contributed by atoms with E-state index in [0.717, 1.165) is 49.9 Å². The summed E-state index contributed by atoms with van der Waals surface area (Å²) in [4.78, 5) is 31.4. The van der Waals surface area contributed by atoms with Crippen LogP contribution in [0.5, 0.6) is 0 Å². The molecule has 2 aliphatic heterocycles. The molecular formula is C26H34N4O3S2. The first-order chi connectivity index (χ1) is 16.8. The Labute approximate surface area is 217 Å². The Morgan fingerprint density at radius 1 is 1.20 bits per heavy atom. The van der Waals surface area contributed by atoms with Crippen molar-refractivity contribution in [3.63, 3.8) is 0 Å². The number of unbranched alkanes of at least 4 members (excludes halogenated alkanes) is 1. The summed E-state index contributed by atoms with van der Waals surface area (Å²) in [5.74, 6) is 0.707. The van der Waals surface area contributed by atoms with E-state index in [1.807, 2.05) is 26.8 Å². The van der Waals surface area contributed by atoms with Crippen molar-refractivity contribution in [1.82, 2.24) is 9.47 Å². The molecule has 4 rings (SSSR count). The molecule has 0 radical (unpaired) electrons. The van der Waals surface area contributed by atoms with Crippen LogP contribution in [0.25, 0.3) is 6.08 Å². The maximum Gasteiger partial charge on any atom is 0.270 e. The molecule has 1 aromatic rings. The van der Waals surface area contributed by atoms with Crippen LogP contribution in [-0.2, 0) is 16.1 Å². The van der Waals surface area contributed by atoms with Gasteiger partial charge >= 0.3 is 0 Å². The summed E-state index contributed by atoms with van der Waals surface area (Å²) < 4.78 is 8.30. The van der Waals surface area contributed by atoms with E-state index in [4.69, 9.17) is 17.0 Å². The van der Waals surface area contributed by atoms with Crippen molar-refractivity contribution in [2.45, 2.75) is 91.0 Å². The average Bonchev–Trinajstić information content (AvgIpc) is 3.42. The molecular weight excluding hydrogens is 480 g/mol. The molecule has 2 atom stereocenters. The van der Waals surface area contributed by atoms with Crippen molar-refractivity contribution in [2.75, 3.05) is 18.0 Å². The number of thioether (sulfide) groups is 1. The van der Waals surface area contributed by atoms with Gasteiger partial charge in [0.1, 0.15) is 21.8 Å². The lowest BCUT2D eigenvalue weighted by Crippen LogP contribution is -2.48. The molecule has 7 nitrogen and oxygen atoms in total. The summed E-state index contributed by atoms with van der Waals surface area (Å²) in [6.07, 6.45) is 7.80. The average molecular weight is 515 g/mol. The van der Waals surface area contributed by atoms with E-state index in [2.05, 4.69) is 17.9 Å². The number of anilines is 1. The number of nitriles is 1. The number of hydrogen-bond acceptors (Lipinski definition) is 7. The number of rotatable bonds is 6. The largest absolute Gasteiger partial charge is 0.372 e. The SMILES string of the molecule is CCCCn1c(N2CC(C)OC(C)C2)c(/C=C2/SC(=S)N(C3CCCC3)C2=O)c(C)c(C#N)c1=O. The fourth-order valence-electron chi connectivity index (χ4n) is 5.45. The van der Waals surface area contributed by atoms with Gasteiger partial charge in [-0.05, 0) is 51.7 Å². The van der Waals surface area contributed by atoms with Gasteiger partial charge in [-0.1, -0.05) is 50.2 Å². The topological polar surface area (TPSA) is 78.6 Å². The molecule has 2 saturated heterocycles. The lowest BCUT2D eigenvalue weighted by atomic mass is 10.0. The summed E-state index contributed by atoms with van der Waals surface area (Å²) in [7, 11) is 0. The molecule has 2 unspecified atom stereocenters. The molecule has 3 heterocycles. The second-order valence-electron chi connectivity index (χ2n) is 9.81. The standard InChI is InChI=1S/C26H34N4O3S2/c1-5-6-11-29-23(28-14-16(2)33-17(3)15-28)20(18(4)21(13-27)24(29)31)12-22-25(32)30(26(34)35-22)19-9-7-8-10-19/h12,16-17,19H,5-11,14-15H2,1-4H3/b22-12+. The molecule has 3 fully saturated rings. The Bertz CT molecular complexity index is 1140. The first-order valence-electron chi connectivity index (χ1n) is 12.6. The van der Waals surface area contributed by atoms with Crippen LogP contribution < -0.4 is 10.5 Å². The van der Waals surface area contributed by atoms with Crippen molar-refractivity contribution in [2.24, 2.45) is 0 Å². The van der Waals surface area contributed by atoms with Gasteiger partial charge < -0.3 is 9.64 Å². The number of morpholine rings is 1. The third kappa shape index (κ3) is 5.07. The van der Waals surface area contributed by atoms with Gasteiger partial charge in [0.15, 0.2) is 0 Å². The molecule has 0 aromatic carbocycles. The van der Waals surface area contributed by atoms with Gasteiger partial charge in [-0.25, -0.2) is 0 Å². The Kier molecular flexibility index (Phi) is 8.04. The van der Waals surface area contributed by atoms with Gasteiger partial charge in [0.2, 0.25) is 0 Å². The molecule has 1 amide bonds. The number of amides is 1. The molecule has 9 heteroatoms. The summed E-state index contributed by atoms with van der Waals surface area (Å²) in [5, 5.41) is 9.88. The van der Waals surface area contributed by atoms with Crippen molar-refractivity contribution in [1.29, 1.82) is 5.26 Å². The van der Waals surface area contributed by atoms with Gasteiger partial charge in [-0.3, -0.25) is 19.1 Å². The Hall–Kier alpha value is -2.15. The number of ether oxygens (including phenoxy) is 1. The predicted octanol–water partition coefficient (Wildman–Crippen LogP) is 4.59. The number of thiocarbonyl (C=S) groups is 1. The predicted molar refractivity (Wildman–Crippen MR) is 145 cm³/mol. The quantitative estimate of drug-likeness (QED) is 0.406. The summed E-state index contributed by atoms with van der Waals surface area (Å²) in [6.45, 7) is 9.72. The van der Waals surface area contributed by atoms with E-state index in [-0.39, 0.29) is 35.3 Å². The van der Waals surface area contributed by atoms with Gasteiger partial charge in [-0.15, -0.1) is 0 Å². The maximum atomic E-state index is 13.5. The van der Waals surface area contributed by atoms with Crippen LogP contribution in [-0.4, -0.2) is 51.0 Å². The van der Waals surface area contributed by atoms with Crippen molar-refractivity contribution in [3.05, 3.63) is 31.9 Å². The molecule has 0 bridgehead atoms. The maximum absolute atomic E-state index is 13.5. The van der Waals surface area contributed by atoms with Gasteiger partial charge in [0.25, 0.3) is 11.5 Å². The highest BCUT2D eigenvalue weighted by Gasteiger charge is 2.39. The zero-order valence-electron chi connectivity index (χ0n) is 21.0. The minimum absolute atomic E-state index is 0.00199. The van der Waals surface area contributed by atoms with Crippen LogP contribution in [0, 0.1) is 18.3 Å². The number of pyridine rings is 1. The normalized spacial score (nSPS) is 24.6. The number of carbonyl (C=O) groups excluding carboxylic acids is 1. The molecule has 1 aliphatic carbocycles. The highest BCUT2D eigenvalue weighted by atomic mass is 32.2. The molecule has 1 saturated carbocycles. The second kappa shape index (κ2) is 10.9. The lowest BCUT2D eigenvalue weighted by Gasteiger charge is -2.39. The molecule has 188 valence electrons. The minimum atomic E-state index is -0.268. The summed E-state index contributed by atoms with van der Waals surface area (Å²) in [5.41, 5.74) is 1.23. The third-order valence-electron chi connectivity index (χ3n) is 7.09. The van der Waals surface area contributed by atoms with Crippen molar-refractivity contribution >= 4 is 46.1 Å². The summed E-state index contributed by atoms with van der Waals surface area (Å²) in [6, 6.07) is 2.30. The smallest absolute Gasteiger partial charge is 0.270 e. The van der Waals surface area contributed by atoms with Crippen molar-refractivity contribution < 1.29 is 9.53 Å². The molecule has 1 aromatic heterocycles. The highest BCUT2D eigenvalue weighted by molar-refractivity contribution is 8.26. The third-order valence-corrected chi connectivity index (χ3v) is 8.42. The Balaban J connectivity index is 1.88. The Morgan fingerprint density at radius 2 is 1.86 bits per heavy atom. The number of aromatic nitrogens is 1. The van der Waals surface area contributed by atoms with E-state index in [0.29, 0.717) is 34.4 Å². The van der Waals surface area contributed by atoms with E-state index < -0.39 is 0 Å². The molecule has 0 N–H and O–H groups in total. The van der Waals surface area contributed by atoms with E-state index in [9.17, 15) is 14.9 Å². The van der Waals surface area contributed by atoms with Crippen LogP contribution in [0.2, 0.25) is 0 Å². The lowest BCUT2D eigenvalue weighted by molar-refractivity contribution is -0.123. The van der Waals surface area contributed by atoms with Crippen LogP contribution in [0.4, 0.5) is 5.82 Å². The van der Waals surface area contributed by atoms with Gasteiger partial charge in [-0.2, -0.15) is 5.26 Å². The molecule has 35 heavy (non-hydrogen) atoms. The van der Waals surface area contributed by atoms with Gasteiger partial charge in [0.05, 0.1) is 17.1 Å². The van der Waals surface area contributed by atoms with Crippen LogP contribution in [0.1, 0.15) is 76.0 Å². The zero-order valence-corrected chi connectivity index (χ0v) is 22.6. The first kappa shape index (κ1) is 25.9. The highest BCUT2D eigenvalue weighted by Crippen LogP contribution is 2.39. The number of nitrogens with zero attached hydrogens (tertiary/aromatic N) is 4. The van der Waals surface area contributed by atoms with Gasteiger partial charge in [0, 0.05) is 31.2 Å².